The second-order valence-electron chi connectivity index (χ2n) is 6.07. The molecule has 1 atom stereocenters. The van der Waals surface area contributed by atoms with Gasteiger partial charge in [0.05, 0.1) is 18.2 Å². The van der Waals surface area contributed by atoms with Crippen LogP contribution in [0.4, 0.5) is 0 Å². The molecule has 0 fully saturated rings. The SMILES string of the molecule is COC(=O)CCCCC(=O)NC1=c2cccnc2=C2N=CC=CC2C1. The van der Waals surface area contributed by atoms with Crippen molar-refractivity contribution in [2.24, 2.45) is 10.9 Å². The van der Waals surface area contributed by atoms with E-state index < -0.39 is 0 Å². The number of ether oxygens (including phenoxy) is 1. The maximum Gasteiger partial charge on any atom is 0.305 e. The van der Waals surface area contributed by atoms with Crippen molar-refractivity contribution in [1.82, 2.24) is 10.3 Å². The van der Waals surface area contributed by atoms with Crippen molar-refractivity contribution in [2.75, 3.05) is 7.11 Å². The number of fused-ring (bicyclic) bond motifs is 2. The number of esters is 1. The van der Waals surface area contributed by atoms with Crippen molar-refractivity contribution >= 4 is 29.5 Å². The van der Waals surface area contributed by atoms with Gasteiger partial charge in [0, 0.05) is 48.5 Å². The standard InChI is InChI=1S/C19H21N3O3/c1-25-17(24)9-3-2-8-16(23)22-15-12-13-6-4-10-20-18(13)19-14(15)7-5-11-21-19/h4-7,10-11,13H,2-3,8-9,12H2,1H3,(H,22,23). The Kier molecular flexibility index (Phi) is 5.38. The van der Waals surface area contributed by atoms with E-state index in [2.05, 4.69) is 26.1 Å². The van der Waals surface area contributed by atoms with Crippen molar-refractivity contribution in [3.8, 4) is 0 Å². The highest BCUT2D eigenvalue weighted by Gasteiger charge is 2.22. The number of pyridine rings is 1. The Hall–Kier alpha value is -2.76. The van der Waals surface area contributed by atoms with Crippen LogP contribution in [-0.2, 0) is 14.3 Å². The fourth-order valence-corrected chi connectivity index (χ4v) is 3.08. The lowest BCUT2D eigenvalue weighted by molar-refractivity contribution is -0.140. The molecule has 0 spiro atoms. The number of amides is 1. The van der Waals surface area contributed by atoms with E-state index in [1.165, 1.54) is 7.11 Å². The van der Waals surface area contributed by atoms with Crippen molar-refractivity contribution in [3.05, 3.63) is 41.0 Å². The Labute approximate surface area is 146 Å². The molecule has 1 N–H and O–H groups in total. The molecule has 0 saturated carbocycles. The minimum absolute atomic E-state index is 0.0404. The number of unbranched alkanes of at least 4 members (excludes halogenated alkanes) is 1. The summed E-state index contributed by atoms with van der Waals surface area (Å²) in [5, 5.41) is 4.80. The first kappa shape index (κ1) is 17.1. The van der Waals surface area contributed by atoms with Gasteiger partial charge in [-0.15, -0.1) is 0 Å². The smallest absolute Gasteiger partial charge is 0.305 e. The summed E-state index contributed by atoms with van der Waals surface area (Å²) < 4.78 is 4.60. The lowest BCUT2D eigenvalue weighted by Crippen LogP contribution is -2.42. The Morgan fingerprint density at radius 3 is 3.00 bits per heavy atom. The number of aliphatic imine (C=N–C) groups is 1. The van der Waals surface area contributed by atoms with Gasteiger partial charge >= 0.3 is 5.97 Å². The number of dihydropyridines is 1. The number of rotatable bonds is 6. The quantitative estimate of drug-likeness (QED) is 0.614. The topological polar surface area (TPSA) is 80.7 Å². The molecule has 1 aromatic rings. The average Bonchev–Trinajstić information content (AvgIpc) is 2.65. The molecule has 6 nitrogen and oxygen atoms in total. The number of allylic oxidation sites excluding steroid dienone is 1. The van der Waals surface area contributed by atoms with Gasteiger partial charge in [-0.25, -0.2) is 0 Å². The van der Waals surface area contributed by atoms with Crippen molar-refractivity contribution in [3.63, 3.8) is 0 Å². The highest BCUT2D eigenvalue weighted by Crippen LogP contribution is 2.25. The molecule has 130 valence electrons. The number of hydrogen-bond donors (Lipinski definition) is 1. The summed E-state index contributed by atoms with van der Waals surface area (Å²) in [6, 6.07) is 3.83. The van der Waals surface area contributed by atoms with Gasteiger partial charge in [-0.1, -0.05) is 6.08 Å². The molecular formula is C19H21N3O3. The van der Waals surface area contributed by atoms with Crippen molar-refractivity contribution in [1.29, 1.82) is 0 Å². The molecule has 1 aromatic heterocycles. The van der Waals surface area contributed by atoms with Crippen LogP contribution < -0.4 is 15.9 Å². The third-order valence-electron chi connectivity index (χ3n) is 4.35. The van der Waals surface area contributed by atoms with E-state index in [9.17, 15) is 9.59 Å². The third-order valence-corrected chi connectivity index (χ3v) is 4.35. The molecule has 25 heavy (non-hydrogen) atoms. The lowest BCUT2D eigenvalue weighted by Gasteiger charge is -2.22. The molecule has 1 aliphatic heterocycles. The molecule has 1 unspecified atom stereocenters. The van der Waals surface area contributed by atoms with Crippen molar-refractivity contribution in [2.45, 2.75) is 32.1 Å². The third kappa shape index (κ3) is 4.02. The summed E-state index contributed by atoms with van der Waals surface area (Å²) in [7, 11) is 1.37. The van der Waals surface area contributed by atoms with Gasteiger partial charge in [0.15, 0.2) is 0 Å². The van der Waals surface area contributed by atoms with Crippen LogP contribution in [0.25, 0.3) is 11.4 Å². The van der Waals surface area contributed by atoms with Crippen LogP contribution in [0.3, 0.4) is 0 Å². The van der Waals surface area contributed by atoms with Gasteiger partial charge < -0.3 is 10.1 Å². The molecule has 3 rings (SSSR count). The number of carbonyl (C=O) groups excluding carboxylic acids is 2. The fourth-order valence-electron chi connectivity index (χ4n) is 3.08. The number of nitrogens with zero attached hydrogens (tertiary/aromatic N) is 2. The van der Waals surface area contributed by atoms with E-state index in [1.807, 2.05) is 18.2 Å². The first-order valence-electron chi connectivity index (χ1n) is 8.45. The maximum atomic E-state index is 12.3. The Bertz CT molecular complexity index is 855. The molecular weight excluding hydrogens is 318 g/mol. The van der Waals surface area contributed by atoms with E-state index in [0.29, 0.717) is 32.1 Å². The largest absolute Gasteiger partial charge is 0.469 e. The predicted molar refractivity (Wildman–Crippen MR) is 94.7 cm³/mol. The van der Waals surface area contributed by atoms with E-state index in [0.717, 1.165) is 22.0 Å². The van der Waals surface area contributed by atoms with Gasteiger partial charge in [0.1, 0.15) is 0 Å². The highest BCUT2D eigenvalue weighted by atomic mass is 16.5. The number of hydrogen-bond acceptors (Lipinski definition) is 5. The van der Waals surface area contributed by atoms with Crippen LogP contribution in [-0.4, -0.2) is 30.2 Å². The fraction of sp³-hybridized carbons (Fsp3) is 0.368. The Balaban J connectivity index is 1.72. The summed E-state index contributed by atoms with van der Waals surface area (Å²) in [5.41, 5.74) is 1.84. The highest BCUT2D eigenvalue weighted by molar-refractivity contribution is 5.85. The Morgan fingerprint density at radius 2 is 2.16 bits per heavy atom. The summed E-state index contributed by atoms with van der Waals surface area (Å²) >= 11 is 0. The number of methoxy groups -OCH3 is 1. The molecule has 0 aromatic carbocycles. The molecule has 0 radical (unpaired) electrons. The molecule has 2 heterocycles. The van der Waals surface area contributed by atoms with E-state index in [1.54, 1.807) is 12.4 Å². The monoisotopic (exact) mass is 339 g/mol. The summed E-state index contributed by atoms with van der Waals surface area (Å²) in [5.74, 6) is -0.141. The number of aromatic nitrogens is 1. The van der Waals surface area contributed by atoms with Gasteiger partial charge in [0.2, 0.25) is 5.91 Å². The van der Waals surface area contributed by atoms with Gasteiger partial charge in [0.25, 0.3) is 0 Å². The van der Waals surface area contributed by atoms with Crippen LogP contribution in [0.2, 0.25) is 0 Å². The Morgan fingerprint density at radius 1 is 1.32 bits per heavy atom. The van der Waals surface area contributed by atoms with Gasteiger partial charge in [-0.2, -0.15) is 0 Å². The van der Waals surface area contributed by atoms with Crippen LogP contribution in [0.15, 0.2) is 35.5 Å². The van der Waals surface area contributed by atoms with Crippen LogP contribution >= 0.6 is 0 Å². The maximum absolute atomic E-state index is 12.3. The number of nitrogens with one attached hydrogen (secondary N) is 1. The van der Waals surface area contributed by atoms with Crippen molar-refractivity contribution < 1.29 is 14.3 Å². The summed E-state index contributed by atoms with van der Waals surface area (Å²) in [6.45, 7) is 0. The second kappa shape index (κ2) is 7.88. The predicted octanol–water partition coefficient (Wildman–Crippen LogP) is 0.808. The second-order valence-corrected chi connectivity index (χ2v) is 6.07. The van der Waals surface area contributed by atoms with E-state index in [-0.39, 0.29) is 17.8 Å². The first-order valence-corrected chi connectivity index (χ1v) is 8.45. The molecule has 0 saturated heterocycles. The zero-order valence-electron chi connectivity index (χ0n) is 14.2. The lowest BCUT2D eigenvalue weighted by atomic mass is 9.91. The summed E-state index contributed by atoms with van der Waals surface area (Å²) in [6.07, 6.45) is 10.3. The average molecular weight is 339 g/mol. The zero-order valence-corrected chi connectivity index (χ0v) is 14.2. The molecule has 1 amide bonds. The number of carbonyl (C=O) groups is 2. The van der Waals surface area contributed by atoms with E-state index in [4.69, 9.17) is 0 Å². The zero-order chi connectivity index (χ0) is 17.6. The van der Waals surface area contributed by atoms with Crippen LogP contribution in [0.1, 0.15) is 32.1 Å². The molecule has 1 aliphatic carbocycles. The van der Waals surface area contributed by atoms with Gasteiger partial charge in [-0.05, 0) is 31.1 Å². The minimum atomic E-state index is -0.241. The molecule has 0 bridgehead atoms. The minimum Gasteiger partial charge on any atom is -0.469 e. The molecule has 6 heteroatoms. The van der Waals surface area contributed by atoms with Crippen LogP contribution in [0.5, 0.6) is 0 Å². The first-order chi connectivity index (χ1) is 12.2. The van der Waals surface area contributed by atoms with Crippen LogP contribution in [0, 0.1) is 5.92 Å². The summed E-state index contributed by atoms with van der Waals surface area (Å²) in [4.78, 5) is 32.3. The van der Waals surface area contributed by atoms with Gasteiger partial charge in [-0.3, -0.25) is 19.6 Å². The van der Waals surface area contributed by atoms with E-state index >= 15 is 0 Å². The molecule has 2 aliphatic rings. The normalized spacial score (nSPS) is 17.7.